The molecule has 0 aromatic rings. The van der Waals surface area contributed by atoms with Crippen LogP contribution in [0, 0.1) is 0 Å². The van der Waals surface area contributed by atoms with Crippen LogP contribution in [-0.4, -0.2) is 17.3 Å². The van der Waals surface area contributed by atoms with Gasteiger partial charge < -0.3 is 5.32 Å². The van der Waals surface area contributed by atoms with Crippen molar-refractivity contribution in [3.8, 4) is 0 Å². The van der Waals surface area contributed by atoms with Crippen molar-refractivity contribution in [2.75, 3.05) is 5.88 Å². The second kappa shape index (κ2) is 6.25. The first-order chi connectivity index (χ1) is 6.14. The van der Waals surface area contributed by atoms with Crippen molar-refractivity contribution in [3.63, 3.8) is 0 Å². The molecule has 0 aliphatic rings. The van der Waals surface area contributed by atoms with Gasteiger partial charge in [-0.1, -0.05) is 20.8 Å². The molecule has 13 heavy (non-hydrogen) atoms. The van der Waals surface area contributed by atoms with Crippen LogP contribution in [0.1, 0.15) is 46.5 Å². The van der Waals surface area contributed by atoms with Crippen LogP contribution in [0.4, 0.5) is 0 Å². The monoisotopic (exact) mass is 205 g/mol. The number of carbonyl (C=O) groups is 1. The minimum atomic E-state index is -0.0108. The molecule has 78 valence electrons. The van der Waals surface area contributed by atoms with Gasteiger partial charge in [-0.15, -0.1) is 11.6 Å². The van der Waals surface area contributed by atoms with Crippen molar-refractivity contribution in [1.29, 1.82) is 0 Å². The van der Waals surface area contributed by atoms with Crippen molar-refractivity contribution >= 4 is 17.5 Å². The number of alkyl halides is 1. The number of carbonyl (C=O) groups excluding carboxylic acids is 1. The fourth-order valence-electron chi connectivity index (χ4n) is 1.46. The van der Waals surface area contributed by atoms with E-state index >= 15 is 0 Å². The van der Waals surface area contributed by atoms with Gasteiger partial charge in [0.05, 0.1) is 0 Å². The highest BCUT2D eigenvalue weighted by atomic mass is 35.5. The summed E-state index contributed by atoms with van der Waals surface area (Å²) in [6, 6.07) is 0. The third kappa shape index (κ3) is 3.99. The van der Waals surface area contributed by atoms with E-state index in [-0.39, 0.29) is 11.4 Å². The highest BCUT2D eigenvalue weighted by molar-refractivity contribution is 6.18. The van der Waals surface area contributed by atoms with E-state index in [0.717, 1.165) is 19.3 Å². The average Bonchev–Trinajstić information content (AvgIpc) is 2.15. The van der Waals surface area contributed by atoms with Crippen molar-refractivity contribution < 1.29 is 4.79 Å². The second-order valence-electron chi connectivity index (χ2n) is 3.33. The SMILES string of the molecule is CCC(CC)(CC)NC(=O)CCCl. The highest BCUT2D eigenvalue weighted by Gasteiger charge is 2.25. The summed E-state index contributed by atoms with van der Waals surface area (Å²) in [6.45, 7) is 6.32. The molecule has 0 radical (unpaired) electrons. The zero-order valence-electron chi connectivity index (χ0n) is 8.82. The highest BCUT2D eigenvalue weighted by Crippen LogP contribution is 2.19. The van der Waals surface area contributed by atoms with E-state index < -0.39 is 0 Å². The lowest BCUT2D eigenvalue weighted by Gasteiger charge is -2.31. The Morgan fingerprint density at radius 1 is 1.23 bits per heavy atom. The van der Waals surface area contributed by atoms with Crippen LogP contribution in [-0.2, 0) is 4.79 Å². The van der Waals surface area contributed by atoms with Gasteiger partial charge in [0.25, 0.3) is 0 Å². The first kappa shape index (κ1) is 12.8. The third-order valence-corrected chi connectivity index (χ3v) is 2.95. The van der Waals surface area contributed by atoms with Crippen molar-refractivity contribution in [2.45, 2.75) is 52.0 Å². The molecule has 0 spiro atoms. The predicted molar refractivity (Wildman–Crippen MR) is 57.1 cm³/mol. The maximum absolute atomic E-state index is 11.3. The molecule has 3 heteroatoms. The standard InChI is InChI=1S/C10H20ClNO/c1-4-10(5-2,6-3)12-9(13)7-8-11/h4-8H2,1-3H3,(H,12,13). The summed E-state index contributed by atoms with van der Waals surface area (Å²) in [7, 11) is 0. The lowest BCUT2D eigenvalue weighted by atomic mass is 9.90. The molecular formula is C10H20ClNO. The molecule has 0 aromatic heterocycles. The molecule has 0 fully saturated rings. The van der Waals surface area contributed by atoms with E-state index in [0.29, 0.717) is 12.3 Å². The maximum atomic E-state index is 11.3. The smallest absolute Gasteiger partial charge is 0.221 e. The molecule has 0 heterocycles. The van der Waals surface area contributed by atoms with E-state index in [9.17, 15) is 4.79 Å². The largest absolute Gasteiger partial charge is 0.351 e. The van der Waals surface area contributed by atoms with Crippen molar-refractivity contribution in [2.24, 2.45) is 0 Å². The molecule has 0 rings (SSSR count). The fourth-order valence-corrected chi connectivity index (χ4v) is 1.63. The summed E-state index contributed by atoms with van der Waals surface area (Å²) in [4.78, 5) is 11.3. The number of hydrogen-bond donors (Lipinski definition) is 1. The van der Waals surface area contributed by atoms with E-state index in [2.05, 4.69) is 26.1 Å². The van der Waals surface area contributed by atoms with Gasteiger partial charge in [0, 0.05) is 17.8 Å². The van der Waals surface area contributed by atoms with Crippen LogP contribution >= 0.6 is 11.6 Å². The zero-order valence-corrected chi connectivity index (χ0v) is 9.58. The number of rotatable bonds is 6. The summed E-state index contributed by atoms with van der Waals surface area (Å²) in [6.07, 6.45) is 3.36. The summed E-state index contributed by atoms with van der Waals surface area (Å²) in [5.74, 6) is 0.472. The third-order valence-electron chi connectivity index (χ3n) is 2.76. The van der Waals surface area contributed by atoms with Gasteiger partial charge in [0.1, 0.15) is 0 Å². The Hall–Kier alpha value is -0.240. The van der Waals surface area contributed by atoms with Gasteiger partial charge in [-0.05, 0) is 19.3 Å². The molecule has 0 saturated carbocycles. The molecule has 0 aliphatic carbocycles. The molecular weight excluding hydrogens is 186 g/mol. The average molecular weight is 206 g/mol. The lowest BCUT2D eigenvalue weighted by Crippen LogP contribution is -2.47. The number of amides is 1. The lowest BCUT2D eigenvalue weighted by molar-refractivity contribution is -0.122. The quantitative estimate of drug-likeness (QED) is 0.664. The van der Waals surface area contributed by atoms with Gasteiger partial charge in [0.15, 0.2) is 0 Å². The zero-order chi connectivity index (χ0) is 10.3. The molecule has 0 bridgehead atoms. The van der Waals surface area contributed by atoms with Crippen molar-refractivity contribution in [1.82, 2.24) is 5.32 Å². The van der Waals surface area contributed by atoms with E-state index in [1.54, 1.807) is 0 Å². The number of halogens is 1. The molecule has 2 nitrogen and oxygen atoms in total. The van der Waals surface area contributed by atoms with Crippen LogP contribution in [0.15, 0.2) is 0 Å². The van der Waals surface area contributed by atoms with Crippen LogP contribution in [0.3, 0.4) is 0 Å². The van der Waals surface area contributed by atoms with Gasteiger partial charge in [-0.3, -0.25) is 4.79 Å². The summed E-state index contributed by atoms with van der Waals surface area (Å²) < 4.78 is 0. The summed E-state index contributed by atoms with van der Waals surface area (Å²) >= 11 is 5.49. The van der Waals surface area contributed by atoms with E-state index in [4.69, 9.17) is 11.6 Å². The van der Waals surface area contributed by atoms with Crippen LogP contribution in [0.2, 0.25) is 0 Å². The van der Waals surface area contributed by atoms with Gasteiger partial charge in [0.2, 0.25) is 5.91 Å². The molecule has 0 atom stereocenters. The number of hydrogen-bond acceptors (Lipinski definition) is 1. The molecule has 1 N–H and O–H groups in total. The molecule has 1 amide bonds. The molecule has 0 aliphatic heterocycles. The Kier molecular flexibility index (Phi) is 6.13. The topological polar surface area (TPSA) is 29.1 Å². The van der Waals surface area contributed by atoms with Gasteiger partial charge in [-0.25, -0.2) is 0 Å². The normalized spacial score (nSPS) is 11.4. The summed E-state index contributed by atoms with van der Waals surface area (Å²) in [5, 5.41) is 3.06. The molecule has 0 unspecified atom stereocenters. The maximum Gasteiger partial charge on any atom is 0.221 e. The Morgan fingerprint density at radius 3 is 2.00 bits per heavy atom. The Balaban J connectivity index is 4.16. The van der Waals surface area contributed by atoms with Crippen LogP contribution < -0.4 is 5.32 Å². The Morgan fingerprint density at radius 2 is 1.69 bits per heavy atom. The summed E-state index contributed by atoms with van der Waals surface area (Å²) in [5.41, 5.74) is -0.0108. The number of nitrogens with one attached hydrogen (secondary N) is 1. The predicted octanol–water partition coefficient (Wildman–Crippen LogP) is 2.70. The van der Waals surface area contributed by atoms with E-state index in [1.165, 1.54) is 0 Å². The van der Waals surface area contributed by atoms with E-state index in [1.807, 2.05) is 0 Å². The second-order valence-corrected chi connectivity index (χ2v) is 3.71. The van der Waals surface area contributed by atoms with Gasteiger partial charge >= 0.3 is 0 Å². The van der Waals surface area contributed by atoms with Crippen molar-refractivity contribution in [3.05, 3.63) is 0 Å². The first-order valence-electron chi connectivity index (χ1n) is 5.01. The fraction of sp³-hybridized carbons (Fsp3) is 0.900. The van der Waals surface area contributed by atoms with Gasteiger partial charge in [-0.2, -0.15) is 0 Å². The molecule has 0 saturated heterocycles. The Labute approximate surface area is 86.0 Å². The van der Waals surface area contributed by atoms with Crippen LogP contribution in [0.25, 0.3) is 0 Å². The minimum absolute atomic E-state index is 0.0108. The minimum Gasteiger partial charge on any atom is -0.351 e. The van der Waals surface area contributed by atoms with Crippen LogP contribution in [0.5, 0.6) is 0 Å². The first-order valence-corrected chi connectivity index (χ1v) is 5.54. The Bertz CT molecular complexity index is 147. The molecule has 0 aromatic carbocycles.